The smallest absolute Gasteiger partial charge is 0.191 e. The van der Waals surface area contributed by atoms with Crippen LogP contribution in [0.1, 0.15) is 47.5 Å². The maximum absolute atomic E-state index is 4.80. The quantitative estimate of drug-likeness (QED) is 0.329. The van der Waals surface area contributed by atoms with Crippen LogP contribution in [0.5, 0.6) is 0 Å². The number of aliphatic imine (C=N–C) groups is 1. The van der Waals surface area contributed by atoms with Crippen molar-refractivity contribution >= 4 is 29.9 Å². The van der Waals surface area contributed by atoms with Gasteiger partial charge in [-0.3, -0.25) is 14.8 Å². The summed E-state index contributed by atoms with van der Waals surface area (Å²) in [7, 11) is 0. The van der Waals surface area contributed by atoms with Crippen LogP contribution in [0.4, 0.5) is 0 Å². The highest BCUT2D eigenvalue weighted by molar-refractivity contribution is 14.0. The fourth-order valence-electron chi connectivity index (χ4n) is 3.16. The van der Waals surface area contributed by atoms with E-state index in [1.165, 1.54) is 19.4 Å². The number of hydrogen-bond donors (Lipinski definition) is 2. The molecule has 1 aliphatic heterocycles. The molecule has 0 spiro atoms. The second kappa shape index (κ2) is 13.2. The number of likely N-dealkylation sites (N-methyl/N-ethyl adjacent to an activating group) is 2. The summed E-state index contributed by atoms with van der Waals surface area (Å²) in [4.78, 5) is 9.81. The van der Waals surface area contributed by atoms with Crippen molar-refractivity contribution < 1.29 is 0 Å². The molecule has 0 aromatic carbocycles. The van der Waals surface area contributed by atoms with Gasteiger partial charge in [-0.1, -0.05) is 13.8 Å². The summed E-state index contributed by atoms with van der Waals surface area (Å²) in [5, 5.41) is 6.84. The van der Waals surface area contributed by atoms with Gasteiger partial charge in [-0.2, -0.15) is 0 Å². The number of halogens is 1. The van der Waals surface area contributed by atoms with Crippen molar-refractivity contribution in [3.05, 3.63) is 0 Å². The molecule has 23 heavy (non-hydrogen) atoms. The van der Waals surface area contributed by atoms with Crippen LogP contribution in [0.25, 0.3) is 0 Å². The average molecular weight is 439 g/mol. The molecule has 0 radical (unpaired) electrons. The first-order valence-corrected chi connectivity index (χ1v) is 9.12. The van der Waals surface area contributed by atoms with Crippen LogP contribution in [0.2, 0.25) is 0 Å². The van der Waals surface area contributed by atoms with Gasteiger partial charge < -0.3 is 10.6 Å². The van der Waals surface area contributed by atoms with Crippen molar-refractivity contribution in [1.29, 1.82) is 0 Å². The lowest BCUT2D eigenvalue weighted by molar-refractivity contribution is 0.237. The Morgan fingerprint density at radius 3 is 2.57 bits per heavy atom. The van der Waals surface area contributed by atoms with Crippen LogP contribution in [-0.2, 0) is 0 Å². The van der Waals surface area contributed by atoms with E-state index >= 15 is 0 Å². The average Bonchev–Trinajstić information content (AvgIpc) is 2.96. The van der Waals surface area contributed by atoms with Crippen LogP contribution in [0.15, 0.2) is 4.99 Å². The van der Waals surface area contributed by atoms with Crippen molar-refractivity contribution in [2.45, 2.75) is 59.5 Å². The molecule has 1 heterocycles. The van der Waals surface area contributed by atoms with E-state index in [0.29, 0.717) is 12.1 Å². The Bertz CT molecular complexity index is 322. The molecule has 6 heteroatoms. The lowest BCUT2D eigenvalue weighted by atomic mass is 10.2. The summed E-state index contributed by atoms with van der Waals surface area (Å²) in [6.45, 7) is 18.4. The van der Waals surface area contributed by atoms with Gasteiger partial charge in [0, 0.05) is 31.7 Å². The molecular formula is C17H38IN5. The zero-order valence-electron chi connectivity index (χ0n) is 15.8. The zero-order valence-corrected chi connectivity index (χ0v) is 18.1. The summed E-state index contributed by atoms with van der Waals surface area (Å²) in [6, 6.07) is 1.23. The number of likely N-dealkylation sites (tertiary alicyclic amines) is 1. The van der Waals surface area contributed by atoms with Gasteiger partial charge in [0.05, 0.1) is 6.54 Å². The Labute approximate surface area is 160 Å². The third-order valence-electron chi connectivity index (χ3n) is 4.54. The number of hydrogen-bond acceptors (Lipinski definition) is 3. The van der Waals surface area contributed by atoms with E-state index < -0.39 is 0 Å². The lowest BCUT2D eigenvalue weighted by Crippen LogP contribution is -2.43. The Hall–Kier alpha value is -0.0800. The van der Waals surface area contributed by atoms with Gasteiger partial charge in [-0.15, -0.1) is 24.0 Å². The molecule has 0 bridgehead atoms. The highest BCUT2D eigenvalue weighted by Gasteiger charge is 2.22. The molecule has 138 valence electrons. The molecule has 0 aromatic heterocycles. The maximum atomic E-state index is 4.80. The Kier molecular flexibility index (Phi) is 13.2. The summed E-state index contributed by atoms with van der Waals surface area (Å²) < 4.78 is 0. The number of nitrogens with one attached hydrogen (secondary N) is 2. The normalized spacial score (nSPS) is 19.3. The predicted molar refractivity (Wildman–Crippen MR) is 112 cm³/mol. The topological polar surface area (TPSA) is 42.9 Å². The summed E-state index contributed by atoms with van der Waals surface area (Å²) in [5.41, 5.74) is 0. The number of nitrogens with zero attached hydrogens (tertiary/aromatic N) is 3. The van der Waals surface area contributed by atoms with Crippen molar-refractivity contribution in [1.82, 2.24) is 20.4 Å². The molecule has 5 nitrogen and oxygen atoms in total. The third-order valence-corrected chi connectivity index (χ3v) is 4.54. The largest absolute Gasteiger partial charge is 0.357 e. The zero-order chi connectivity index (χ0) is 16.4. The van der Waals surface area contributed by atoms with E-state index in [-0.39, 0.29) is 24.0 Å². The molecule has 1 unspecified atom stereocenters. The minimum Gasteiger partial charge on any atom is -0.357 e. The molecule has 2 N–H and O–H groups in total. The summed E-state index contributed by atoms with van der Waals surface area (Å²) >= 11 is 0. The molecule has 0 aliphatic carbocycles. The van der Waals surface area contributed by atoms with Crippen molar-refractivity contribution in [2.75, 3.05) is 45.8 Å². The SMILES string of the molecule is CCNC(=NCC1CCCN1CC)NCCN(CC)C(C)C.I. The Morgan fingerprint density at radius 1 is 1.26 bits per heavy atom. The van der Waals surface area contributed by atoms with Crippen LogP contribution < -0.4 is 10.6 Å². The standard InChI is InChI=1S/C17H37N5.HI/c1-6-18-17(19-11-13-21(7-2)15(4)5)20-14-16-10-9-12-22(16)8-3;/h15-16H,6-14H2,1-5H3,(H2,18,19,20);1H. The number of rotatable bonds is 9. The molecular weight excluding hydrogens is 401 g/mol. The highest BCUT2D eigenvalue weighted by atomic mass is 127. The van der Waals surface area contributed by atoms with Crippen molar-refractivity contribution in [3.63, 3.8) is 0 Å². The molecule has 0 aromatic rings. The van der Waals surface area contributed by atoms with E-state index in [4.69, 9.17) is 4.99 Å². The molecule has 1 atom stereocenters. The van der Waals surface area contributed by atoms with Crippen LogP contribution in [0, 0.1) is 0 Å². The van der Waals surface area contributed by atoms with Crippen molar-refractivity contribution in [2.24, 2.45) is 4.99 Å². The van der Waals surface area contributed by atoms with Gasteiger partial charge in [0.15, 0.2) is 5.96 Å². The van der Waals surface area contributed by atoms with Gasteiger partial charge >= 0.3 is 0 Å². The first-order valence-electron chi connectivity index (χ1n) is 9.12. The molecule has 0 amide bonds. The second-order valence-electron chi connectivity index (χ2n) is 6.29. The highest BCUT2D eigenvalue weighted by Crippen LogP contribution is 2.16. The molecule has 1 aliphatic rings. The molecule has 1 fully saturated rings. The fraction of sp³-hybridized carbons (Fsp3) is 0.941. The van der Waals surface area contributed by atoms with Gasteiger partial charge in [-0.05, 0) is 53.2 Å². The van der Waals surface area contributed by atoms with E-state index in [1.54, 1.807) is 0 Å². The van der Waals surface area contributed by atoms with Crippen LogP contribution in [0.3, 0.4) is 0 Å². The minimum atomic E-state index is 0. The first kappa shape index (κ1) is 22.9. The first-order chi connectivity index (χ1) is 10.6. The van der Waals surface area contributed by atoms with E-state index in [2.05, 4.69) is 55.1 Å². The van der Waals surface area contributed by atoms with E-state index in [0.717, 1.165) is 45.2 Å². The lowest BCUT2D eigenvalue weighted by Gasteiger charge is -2.25. The van der Waals surface area contributed by atoms with E-state index in [9.17, 15) is 0 Å². The maximum Gasteiger partial charge on any atom is 0.191 e. The number of guanidine groups is 1. The van der Waals surface area contributed by atoms with Gasteiger partial charge in [0.2, 0.25) is 0 Å². The van der Waals surface area contributed by atoms with Gasteiger partial charge in [0.1, 0.15) is 0 Å². The van der Waals surface area contributed by atoms with E-state index in [1.807, 2.05) is 0 Å². The Morgan fingerprint density at radius 2 is 2.00 bits per heavy atom. The van der Waals surface area contributed by atoms with Gasteiger partial charge in [0.25, 0.3) is 0 Å². The predicted octanol–water partition coefficient (Wildman–Crippen LogP) is 2.37. The molecule has 1 saturated heterocycles. The monoisotopic (exact) mass is 439 g/mol. The van der Waals surface area contributed by atoms with Crippen LogP contribution in [-0.4, -0.2) is 73.7 Å². The summed E-state index contributed by atoms with van der Waals surface area (Å²) in [6.07, 6.45) is 2.60. The summed E-state index contributed by atoms with van der Waals surface area (Å²) in [5.74, 6) is 0.963. The molecule has 1 rings (SSSR count). The van der Waals surface area contributed by atoms with Gasteiger partial charge in [-0.25, -0.2) is 0 Å². The minimum absolute atomic E-state index is 0. The fourth-order valence-corrected chi connectivity index (χ4v) is 3.16. The Balaban J connectivity index is 0.00000484. The third kappa shape index (κ3) is 8.54. The van der Waals surface area contributed by atoms with Crippen LogP contribution >= 0.6 is 24.0 Å². The second-order valence-corrected chi connectivity index (χ2v) is 6.29. The van der Waals surface area contributed by atoms with Crippen molar-refractivity contribution in [3.8, 4) is 0 Å². The molecule has 0 saturated carbocycles.